The fourth-order valence-electron chi connectivity index (χ4n) is 3.61. The van der Waals surface area contributed by atoms with Crippen molar-refractivity contribution < 1.29 is 4.79 Å². The van der Waals surface area contributed by atoms with Crippen LogP contribution in [-0.4, -0.2) is 71.8 Å². The molecule has 132 valence electrons. The number of hydrogen-bond acceptors (Lipinski definition) is 5. The summed E-state index contributed by atoms with van der Waals surface area (Å²) in [4.78, 5) is 21.7. The SMILES string of the molecule is CCSc1ccc(C(=O)NC2CCN(C3CCN(C)CC3)C2)cn1. The number of pyridine rings is 1. The average Bonchev–Trinajstić information content (AvgIpc) is 3.05. The number of carbonyl (C=O) groups excluding carboxylic acids is 1. The van der Waals surface area contributed by atoms with Gasteiger partial charge in [0.25, 0.3) is 5.91 Å². The van der Waals surface area contributed by atoms with Crippen molar-refractivity contribution in [3.63, 3.8) is 0 Å². The Balaban J connectivity index is 1.48. The fraction of sp³-hybridized carbons (Fsp3) is 0.667. The van der Waals surface area contributed by atoms with Gasteiger partial charge in [-0.05, 0) is 57.3 Å². The Bertz CT molecular complexity index is 542. The van der Waals surface area contributed by atoms with Crippen LogP contribution in [0.25, 0.3) is 0 Å². The van der Waals surface area contributed by atoms with Crippen LogP contribution < -0.4 is 5.32 Å². The molecule has 1 N–H and O–H groups in total. The van der Waals surface area contributed by atoms with Gasteiger partial charge >= 0.3 is 0 Å². The van der Waals surface area contributed by atoms with Crippen LogP contribution >= 0.6 is 11.8 Å². The highest BCUT2D eigenvalue weighted by atomic mass is 32.2. The monoisotopic (exact) mass is 348 g/mol. The lowest BCUT2D eigenvalue weighted by Crippen LogP contribution is -2.44. The predicted octanol–water partition coefficient (Wildman–Crippen LogP) is 2.09. The summed E-state index contributed by atoms with van der Waals surface area (Å²) in [6.45, 7) is 6.56. The molecule has 0 aliphatic carbocycles. The molecule has 3 heterocycles. The third-order valence-corrected chi connectivity index (χ3v) is 5.88. The second-order valence-corrected chi connectivity index (χ2v) is 8.09. The molecule has 2 aliphatic rings. The maximum atomic E-state index is 12.4. The van der Waals surface area contributed by atoms with Crippen molar-refractivity contribution in [2.45, 2.75) is 43.3 Å². The first-order valence-corrected chi connectivity index (χ1v) is 9.96. The highest BCUT2D eigenvalue weighted by molar-refractivity contribution is 7.99. The Labute approximate surface area is 149 Å². The molecule has 3 rings (SSSR count). The Morgan fingerprint density at radius 1 is 1.29 bits per heavy atom. The van der Waals surface area contributed by atoms with Gasteiger partial charge in [0.2, 0.25) is 0 Å². The molecule has 1 amide bonds. The van der Waals surface area contributed by atoms with Gasteiger partial charge in [-0.3, -0.25) is 9.69 Å². The van der Waals surface area contributed by atoms with Gasteiger partial charge in [-0.15, -0.1) is 11.8 Å². The van der Waals surface area contributed by atoms with E-state index in [9.17, 15) is 4.79 Å². The number of aromatic nitrogens is 1. The van der Waals surface area contributed by atoms with Crippen molar-refractivity contribution in [2.75, 3.05) is 39.0 Å². The molecule has 0 radical (unpaired) electrons. The molecule has 1 aromatic rings. The normalized spacial score (nSPS) is 23.5. The van der Waals surface area contributed by atoms with Crippen LogP contribution in [-0.2, 0) is 0 Å². The highest BCUT2D eigenvalue weighted by Gasteiger charge is 2.30. The molecule has 6 heteroatoms. The molecule has 2 saturated heterocycles. The minimum Gasteiger partial charge on any atom is -0.348 e. The standard InChI is InChI=1S/C18H28N4OS/c1-3-24-17-5-4-14(12-19-17)18(23)20-15-6-11-22(13-15)16-7-9-21(2)10-8-16/h4-5,12,15-16H,3,6-11,13H2,1-2H3,(H,20,23). The molecule has 0 saturated carbocycles. The molecule has 1 aromatic heterocycles. The largest absolute Gasteiger partial charge is 0.348 e. The van der Waals surface area contributed by atoms with Crippen LogP contribution in [0.4, 0.5) is 0 Å². The second-order valence-electron chi connectivity index (χ2n) is 6.81. The quantitative estimate of drug-likeness (QED) is 0.826. The van der Waals surface area contributed by atoms with Gasteiger partial charge in [-0.1, -0.05) is 6.92 Å². The maximum absolute atomic E-state index is 12.4. The van der Waals surface area contributed by atoms with Gasteiger partial charge in [0, 0.05) is 31.4 Å². The van der Waals surface area contributed by atoms with Crippen LogP contribution in [0.5, 0.6) is 0 Å². The first-order chi connectivity index (χ1) is 11.7. The minimum absolute atomic E-state index is 0.00535. The molecule has 0 aromatic carbocycles. The number of thioether (sulfide) groups is 1. The van der Waals surface area contributed by atoms with E-state index in [1.807, 2.05) is 12.1 Å². The second kappa shape index (κ2) is 8.32. The summed E-state index contributed by atoms with van der Waals surface area (Å²) in [5.41, 5.74) is 0.660. The zero-order chi connectivity index (χ0) is 16.9. The lowest BCUT2D eigenvalue weighted by atomic mass is 10.0. The van der Waals surface area contributed by atoms with Crippen LogP contribution in [0.2, 0.25) is 0 Å². The number of nitrogens with one attached hydrogen (secondary N) is 1. The third kappa shape index (κ3) is 4.49. The lowest BCUT2D eigenvalue weighted by molar-refractivity contribution is 0.0931. The van der Waals surface area contributed by atoms with Gasteiger partial charge < -0.3 is 10.2 Å². The van der Waals surface area contributed by atoms with E-state index in [1.165, 1.54) is 25.9 Å². The number of nitrogens with zero attached hydrogens (tertiary/aromatic N) is 3. The smallest absolute Gasteiger partial charge is 0.253 e. The highest BCUT2D eigenvalue weighted by Crippen LogP contribution is 2.21. The zero-order valence-corrected chi connectivity index (χ0v) is 15.5. The number of hydrogen-bond donors (Lipinski definition) is 1. The minimum atomic E-state index is 0.00535. The molecule has 0 spiro atoms. The van der Waals surface area contributed by atoms with Crippen LogP contribution in [0, 0.1) is 0 Å². The van der Waals surface area contributed by atoms with E-state index in [0.717, 1.165) is 30.3 Å². The number of piperidine rings is 1. The average molecular weight is 349 g/mol. The summed E-state index contributed by atoms with van der Waals surface area (Å²) in [6.07, 6.45) is 5.24. The van der Waals surface area contributed by atoms with Crippen molar-refractivity contribution in [3.8, 4) is 0 Å². The molecule has 5 nitrogen and oxygen atoms in total. The van der Waals surface area contributed by atoms with E-state index < -0.39 is 0 Å². The number of carbonyl (C=O) groups is 1. The summed E-state index contributed by atoms with van der Waals surface area (Å²) in [7, 11) is 2.20. The maximum Gasteiger partial charge on any atom is 0.253 e. The predicted molar refractivity (Wildman–Crippen MR) is 98.6 cm³/mol. The van der Waals surface area contributed by atoms with Gasteiger partial charge in [-0.2, -0.15) is 0 Å². The van der Waals surface area contributed by atoms with Crippen molar-refractivity contribution in [3.05, 3.63) is 23.9 Å². The van der Waals surface area contributed by atoms with Crippen LogP contribution in [0.15, 0.2) is 23.4 Å². The molecule has 2 fully saturated rings. The molecular weight excluding hydrogens is 320 g/mol. The van der Waals surface area contributed by atoms with E-state index in [2.05, 4.69) is 34.1 Å². The molecule has 2 aliphatic heterocycles. The van der Waals surface area contributed by atoms with Gasteiger partial charge in [-0.25, -0.2) is 4.98 Å². The summed E-state index contributed by atoms with van der Waals surface area (Å²) >= 11 is 1.69. The number of amides is 1. The van der Waals surface area contributed by atoms with Crippen molar-refractivity contribution >= 4 is 17.7 Å². The van der Waals surface area contributed by atoms with Gasteiger partial charge in [0.05, 0.1) is 10.6 Å². The van der Waals surface area contributed by atoms with E-state index in [-0.39, 0.29) is 11.9 Å². The first kappa shape index (κ1) is 17.7. The topological polar surface area (TPSA) is 48.5 Å². The number of rotatable bonds is 5. The molecular formula is C18H28N4OS. The van der Waals surface area contributed by atoms with E-state index in [4.69, 9.17) is 0 Å². The molecule has 24 heavy (non-hydrogen) atoms. The van der Waals surface area contributed by atoms with E-state index in [0.29, 0.717) is 11.6 Å². The first-order valence-electron chi connectivity index (χ1n) is 8.98. The summed E-state index contributed by atoms with van der Waals surface area (Å²) in [5, 5.41) is 4.16. The van der Waals surface area contributed by atoms with E-state index in [1.54, 1.807) is 18.0 Å². The third-order valence-electron chi connectivity index (χ3n) is 5.05. The summed E-state index contributed by atoms with van der Waals surface area (Å²) in [5.74, 6) is 0.999. The summed E-state index contributed by atoms with van der Waals surface area (Å²) in [6, 6.07) is 4.77. The Kier molecular flexibility index (Phi) is 6.14. The fourth-order valence-corrected chi connectivity index (χ4v) is 4.20. The van der Waals surface area contributed by atoms with Crippen molar-refractivity contribution in [1.29, 1.82) is 0 Å². The lowest BCUT2D eigenvalue weighted by Gasteiger charge is -2.35. The van der Waals surface area contributed by atoms with Gasteiger partial charge in [0.1, 0.15) is 0 Å². The van der Waals surface area contributed by atoms with Crippen LogP contribution in [0.3, 0.4) is 0 Å². The van der Waals surface area contributed by atoms with Crippen LogP contribution in [0.1, 0.15) is 36.5 Å². The Hall–Kier alpha value is -1.11. The Morgan fingerprint density at radius 3 is 2.75 bits per heavy atom. The van der Waals surface area contributed by atoms with Crippen molar-refractivity contribution in [1.82, 2.24) is 20.1 Å². The zero-order valence-electron chi connectivity index (χ0n) is 14.7. The van der Waals surface area contributed by atoms with Gasteiger partial charge in [0.15, 0.2) is 0 Å². The molecule has 1 unspecified atom stereocenters. The van der Waals surface area contributed by atoms with Crippen molar-refractivity contribution in [2.24, 2.45) is 0 Å². The van der Waals surface area contributed by atoms with E-state index >= 15 is 0 Å². The molecule has 0 bridgehead atoms. The molecule has 1 atom stereocenters. The number of likely N-dealkylation sites (tertiary alicyclic amines) is 2. The summed E-state index contributed by atoms with van der Waals surface area (Å²) < 4.78 is 0. The Morgan fingerprint density at radius 2 is 2.08 bits per heavy atom.